The molecule has 0 fully saturated rings. The summed E-state index contributed by atoms with van der Waals surface area (Å²) in [5.41, 5.74) is 3.37. The second-order valence-electron chi connectivity index (χ2n) is 2.91. The summed E-state index contributed by atoms with van der Waals surface area (Å²) in [6.45, 7) is 4.10. The Bertz CT molecular complexity index is 406. The van der Waals surface area contributed by atoms with Crippen LogP contribution in [0.5, 0.6) is 0 Å². The molecule has 0 saturated carbocycles. The van der Waals surface area contributed by atoms with Crippen molar-refractivity contribution in [3.8, 4) is 5.69 Å². The Kier molecular flexibility index (Phi) is 1.81. The molecule has 1 aromatic carbocycles. The summed E-state index contributed by atoms with van der Waals surface area (Å²) in [5.74, 6) is 0. The van der Waals surface area contributed by atoms with Crippen LogP contribution in [0.1, 0.15) is 11.1 Å². The van der Waals surface area contributed by atoms with E-state index in [1.165, 1.54) is 11.1 Å². The van der Waals surface area contributed by atoms with E-state index < -0.39 is 0 Å². The predicted octanol–water partition coefficient (Wildman–Crippen LogP) is 1.08. The molecule has 0 aliphatic rings. The van der Waals surface area contributed by atoms with E-state index in [9.17, 15) is 0 Å². The van der Waals surface area contributed by atoms with Gasteiger partial charge in [-0.1, -0.05) is 12.1 Å². The van der Waals surface area contributed by atoms with Crippen molar-refractivity contribution >= 4 is 0 Å². The average Bonchev–Trinajstić information content (AvgIpc) is 2.62. The van der Waals surface area contributed by atoms with Gasteiger partial charge in [-0.25, -0.2) is 0 Å². The number of benzene rings is 1. The maximum absolute atomic E-state index is 3.79. The van der Waals surface area contributed by atoms with Crippen LogP contribution in [-0.4, -0.2) is 20.2 Å². The molecule has 4 heteroatoms. The third-order valence-corrected chi connectivity index (χ3v) is 2.12. The molecule has 2 rings (SSSR count). The summed E-state index contributed by atoms with van der Waals surface area (Å²) < 4.78 is 1.54. The Morgan fingerprint density at radius 2 is 2.15 bits per heavy atom. The maximum Gasteiger partial charge on any atom is 0.226 e. The van der Waals surface area contributed by atoms with Gasteiger partial charge in [0.25, 0.3) is 0 Å². The topological polar surface area (TPSA) is 43.6 Å². The van der Waals surface area contributed by atoms with Gasteiger partial charge in [-0.2, -0.15) is 4.68 Å². The molecule has 1 aromatic heterocycles. The summed E-state index contributed by atoms with van der Waals surface area (Å²) in [4.78, 5) is 0. The first-order valence-electron chi connectivity index (χ1n) is 4.01. The first-order chi connectivity index (χ1) is 6.29. The lowest BCUT2D eigenvalue weighted by Crippen LogP contribution is -1.99. The van der Waals surface area contributed by atoms with Crippen LogP contribution in [0.25, 0.3) is 5.69 Å². The standard InChI is InChI=1S/C9H9N4/c1-7-4-3-5-9(8(7)2)13-6-10-11-12-13/h3-5H,1-2H3. The smallest absolute Gasteiger partial charge is 0.189 e. The summed E-state index contributed by atoms with van der Waals surface area (Å²) in [7, 11) is 0. The van der Waals surface area contributed by atoms with Crippen molar-refractivity contribution in [2.45, 2.75) is 13.8 Å². The highest BCUT2D eigenvalue weighted by molar-refractivity contribution is 5.43. The van der Waals surface area contributed by atoms with Gasteiger partial charge in [0.05, 0.1) is 5.69 Å². The Morgan fingerprint density at radius 1 is 1.31 bits per heavy atom. The zero-order valence-electron chi connectivity index (χ0n) is 7.52. The normalized spacial score (nSPS) is 10.3. The van der Waals surface area contributed by atoms with Crippen molar-refractivity contribution in [3.05, 3.63) is 35.7 Å². The van der Waals surface area contributed by atoms with Crippen molar-refractivity contribution in [1.82, 2.24) is 20.2 Å². The molecule has 0 atom stereocenters. The molecular formula is C9H9N4. The molecule has 0 amide bonds. The van der Waals surface area contributed by atoms with Crippen LogP contribution in [0.2, 0.25) is 0 Å². The van der Waals surface area contributed by atoms with Crippen LogP contribution in [-0.2, 0) is 0 Å². The van der Waals surface area contributed by atoms with Gasteiger partial charge in [0.15, 0.2) is 0 Å². The molecule has 0 unspecified atom stereocenters. The van der Waals surface area contributed by atoms with Crippen LogP contribution in [0.3, 0.4) is 0 Å². The van der Waals surface area contributed by atoms with E-state index in [-0.39, 0.29) is 0 Å². The second kappa shape index (κ2) is 2.97. The summed E-state index contributed by atoms with van der Waals surface area (Å²) in [6, 6.07) is 6.01. The lowest BCUT2D eigenvalue weighted by molar-refractivity contribution is 0.782. The first kappa shape index (κ1) is 7.91. The minimum Gasteiger partial charge on any atom is -0.189 e. The number of tetrazole rings is 1. The van der Waals surface area contributed by atoms with E-state index in [0.29, 0.717) is 0 Å². The molecule has 0 bridgehead atoms. The number of rotatable bonds is 1. The first-order valence-corrected chi connectivity index (χ1v) is 4.01. The van der Waals surface area contributed by atoms with Crippen LogP contribution >= 0.6 is 0 Å². The highest BCUT2D eigenvalue weighted by atomic mass is 15.5. The third-order valence-electron chi connectivity index (χ3n) is 2.12. The van der Waals surface area contributed by atoms with Gasteiger partial charge in [0.2, 0.25) is 6.33 Å². The van der Waals surface area contributed by atoms with E-state index in [1.807, 2.05) is 19.1 Å². The maximum atomic E-state index is 3.79. The monoisotopic (exact) mass is 173 g/mol. The zero-order chi connectivity index (χ0) is 9.26. The van der Waals surface area contributed by atoms with Crippen molar-refractivity contribution < 1.29 is 0 Å². The Labute approximate surface area is 76.2 Å². The van der Waals surface area contributed by atoms with Gasteiger partial charge in [-0.05, 0) is 41.5 Å². The minimum absolute atomic E-state index is 0.977. The fourth-order valence-corrected chi connectivity index (χ4v) is 1.21. The molecule has 2 aromatic rings. The van der Waals surface area contributed by atoms with E-state index >= 15 is 0 Å². The lowest BCUT2D eigenvalue weighted by atomic mass is 10.1. The van der Waals surface area contributed by atoms with Crippen molar-refractivity contribution in [1.29, 1.82) is 0 Å². The van der Waals surface area contributed by atoms with Crippen LogP contribution in [0, 0.1) is 20.2 Å². The Hall–Kier alpha value is -1.71. The SMILES string of the molecule is Cc1cccc(-n2[c]nnn2)c1C. The second-order valence-corrected chi connectivity index (χ2v) is 2.91. The molecule has 65 valence electrons. The highest BCUT2D eigenvalue weighted by Crippen LogP contribution is 2.14. The number of aromatic nitrogens is 4. The zero-order valence-corrected chi connectivity index (χ0v) is 7.52. The minimum atomic E-state index is 0.977. The molecule has 0 N–H and O–H groups in total. The van der Waals surface area contributed by atoms with E-state index in [4.69, 9.17) is 0 Å². The number of nitrogens with zero attached hydrogens (tertiary/aromatic N) is 4. The van der Waals surface area contributed by atoms with Gasteiger partial charge in [0.1, 0.15) is 0 Å². The van der Waals surface area contributed by atoms with E-state index in [2.05, 4.69) is 34.8 Å². The molecule has 0 aliphatic carbocycles. The van der Waals surface area contributed by atoms with Crippen LogP contribution in [0.4, 0.5) is 0 Å². The molecule has 0 saturated heterocycles. The van der Waals surface area contributed by atoms with Gasteiger partial charge >= 0.3 is 0 Å². The fourth-order valence-electron chi connectivity index (χ4n) is 1.21. The van der Waals surface area contributed by atoms with Crippen LogP contribution in [0.15, 0.2) is 18.2 Å². The number of hydrogen-bond donors (Lipinski definition) is 0. The molecular weight excluding hydrogens is 164 g/mol. The number of aryl methyl sites for hydroxylation is 1. The lowest BCUT2D eigenvalue weighted by Gasteiger charge is -2.05. The molecule has 1 radical (unpaired) electrons. The number of hydrogen-bond acceptors (Lipinski definition) is 3. The van der Waals surface area contributed by atoms with Crippen molar-refractivity contribution in [3.63, 3.8) is 0 Å². The Morgan fingerprint density at radius 3 is 2.85 bits per heavy atom. The average molecular weight is 173 g/mol. The van der Waals surface area contributed by atoms with E-state index in [0.717, 1.165) is 5.69 Å². The quantitative estimate of drug-likeness (QED) is 0.648. The van der Waals surface area contributed by atoms with Crippen LogP contribution < -0.4 is 0 Å². The molecule has 1 heterocycles. The van der Waals surface area contributed by atoms with Gasteiger partial charge < -0.3 is 0 Å². The van der Waals surface area contributed by atoms with Gasteiger partial charge in [-0.15, -0.1) is 5.10 Å². The molecule has 0 spiro atoms. The third kappa shape index (κ3) is 1.30. The largest absolute Gasteiger partial charge is 0.226 e. The molecule has 4 nitrogen and oxygen atoms in total. The summed E-state index contributed by atoms with van der Waals surface area (Å²) >= 11 is 0. The summed E-state index contributed by atoms with van der Waals surface area (Å²) in [5, 5.41) is 10.8. The van der Waals surface area contributed by atoms with Gasteiger partial charge in [0, 0.05) is 0 Å². The van der Waals surface area contributed by atoms with E-state index in [1.54, 1.807) is 4.68 Å². The fraction of sp³-hybridized carbons (Fsp3) is 0.222. The highest BCUT2D eigenvalue weighted by Gasteiger charge is 2.03. The molecule has 0 aliphatic heterocycles. The predicted molar refractivity (Wildman–Crippen MR) is 47.5 cm³/mol. The summed E-state index contributed by atoms with van der Waals surface area (Å²) in [6.07, 6.45) is 2.67. The Balaban J connectivity index is 2.59. The van der Waals surface area contributed by atoms with Gasteiger partial charge in [-0.3, -0.25) is 0 Å². The van der Waals surface area contributed by atoms with Crippen molar-refractivity contribution in [2.24, 2.45) is 0 Å². The molecule has 13 heavy (non-hydrogen) atoms. The van der Waals surface area contributed by atoms with Crippen molar-refractivity contribution in [2.75, 3.05) is 0 Å².